The molecule has 2 fully saturated rings. The van der Waals surface area contributed by atoms with Crippen LogP contribution in [0.4, 0.5) is 5.13 Å². The third-order valence-electron chi connectivity index (χ3n) is 3.45. The van der Waals surface area contributed by atoms with E-state index >= 15 is 0 Å². The van der Waals surface area contributed by atoms with E-state index in [1.807, 2.05) is 13.8 Å². The lowest BCUT2D eigenvalue weighted by Crippen LogP contribution is -2.32. The molecule has 6 nitrogen and oxygen atoms in total. The van der Waals surface area contributed by atoms with Crippen molar-refractivity contribution in [3.05, 3.63) is 0 Å². The molecule has 114 valence electrons. The first kappa shape index (κ1) is 14.8. The second-order valence-electron chi connectivity index (χ2n) is 5.29. The Morgan fingerprint density at radius 3 is 2.81 bits per heavy atom. The van der Waals surface area contributed by atoms with Crippen molar-refractivity contribution >= 4 is 40.1 Å². The van der Waals surface area contributed by atoms with Gasteiger partial charge in [-0.1, -0.05) is 30.0 Å². The van der Waals surface area contributed by atoms with E-state index in [0.29, 0.717) is 18.0 Å². The fourth-order valence-corrected chi connectivity index (χ4v) is 4.54. The zero-order chi connectivity index (χ0) is 15.0. The van der Waals surface area contributed by atoms with Crippen LogP contribution in [0.3, 0.4) is 0 Å². The van der Waals surface area contributed by atoms with E-state index in [2.05, 4.69) is 10.2 Å². The largest absolute Gasteiger partial charge is 0.462 e. The van der Waals surface area contributed by atoms with Gasteiger partial charge in [0, 0.05) is 18.9 Å². The van der Waals surface area contributed by atoms with Crippen LogP contribution in [0.2, 0.25) is 0 Å². The normalized spacial score (nSPS) is 25.0. The van der Waals surface area contributed by atoms with Crippen molar-refractivity contribution in [2.24, 2.45) is 0 Å². The summed E-state index contributed by atoms with van der Waals surface area (Å²) in [4.78, 5) is 25.4. The molecule has 1 aliphatic carbocycles. The maximum Gasteiger partial charge on any atom is 0.319 e. The molecule has 1 amide bonds. The number of rotatable bonds is 5. The number of aromatic nitrogens is 2. The van der Waals surface area contributed by atoms with Crippen LogP contribution in [0.15, 0.2) is 4.34 Å². The number of carbonyl (C=O) groups is 2. The first-order valence-corrected chi connectivity index (χ1v) is 8.80. The molecule has 0 unspecified atom stereocenters. The minimum Gasteiger partial charge on any atom is -0.462 e. The molecule has 2 aliphatic rings. The fourth-order valence-electron chi connectivity index (χ4n) is 2.25. The first-order chi connectivity index (χ1) is 10.1. The zero-order valence-electron chi connectivity index (χ0n) is 11.9. The molecule has 1 aliphatic heterocycles. The summed E-state index contributed by atoms with van der Waals surface area (Å²) >= 11 is 2.77. The van der Waals surface area contributed by atoms with Crippen LogP contribution in [-0.2, 0) is 14.3 Å². The Labute approximate surface area is 131 Å². The van der Waals surface area contributed by atoms with Crippen LogP contribution < -0.4 is 4.90 Å². The van der Waals surface area contributed by atoms with Crippen molar-refractivity contribution in [1.82, 2.24) is 10.2 Å². The number of carbonyl (C=O) groups excluding carboxylic acids is 2. The van der Waals surface area contributed by atoms with Crippen LogP contribution in [-0.4, -0.2) is 39.5 Å². The number of amides is 1. The predicted molar refractivity (Wildman–Crippen MR) is 80.5 cm³/mol. The maximum absolute atomic E-state index is 12.0. The first-order valence-electron chi connectivity index (χ1n) is 7.11. The predicted octanol–water partition coefficient (Wildman–Crippen LogP) is 2.24. The summed E-state index contributed by atoms with van der Waals surface area (Å²) in [6.07, 6.45) is 3.18. The fraction of sp³-hybridized carbons (Fsp3) is 0.692. The summed E-state index contributed by atoms with van der Waals surface area (Å²) in [7, 11) is 0. The van der Waals surface area contributed by atoms with Crippen molar-refractivity contribution in [2.75, 3.05) is 4.90 Å². The van der Waals surface area contributed by atoms with E-state index in [-0.39, 0.29) is 29.3 Å². The van der Waals surface area contributed by atoms with Crippen LogP contribution >= 0.6 is 23.1 Å². The van der Waals surface area contributed by atoms with Crippen molar-refractivity contribution in [3.63, 3.8) is 0 Å². The Kier molecular flexibility index (Phi) is 4.17. The molecule has 0 N–H and O–H groups in total. The van der Waals surface area contributed by atoms with Gasteiger partial charge in [0.1, 0.15) is 11.4 Å². The van der Waals surface area contributed by atoms with Gasteiger partial charge >= 0.3 is 5.97 Å². The van der Waals surface area contributed by atoms with Crippen LogP contribution in [0.25, 0.3) is 0 Å². The van der Waals surface area contributed by atoms with Gasteiger partial charge in [0.25, 0.3) is 0 Å². The summed E-state index contributed by atoms with van der Waals surface area (Å²) in [5.74, 6) is -0.105. The lowest BCUT2D eigenvalue weighted by atomic mass is 10.3. The second kappa shape index (κ2) is 5.92. The molecule has 0 radical (unpaired) electrons. The van der Waals surface area contributed by atoms with E-state index in [0.717, 1.165) is 17.2 Å². The SMILES string of the molecule is CCC(=O)N(c1nnc(S[C@H]2C[C@H](C)OC2=O)s1)C1CC1. The molecule has 1 saturated carbocycles. The monoisotopic (exact) mass is 327 g/mol. The highest BCUT2D eigenvalue weighted by atomic mass is 32.2. The van der Waals surface area contributed by atoms with Gasteiger partial charge < -0.3 is 4.74 Å². The topological polar surface area (TPSA) is 72.4 Å². The Hall–Kier alpha value is -1.15. The molecule has 0 bridgehead atoms. The number of hydrogen-bond donors (Lipinski definition) is 0. The van der Waals surface area contributed by atoms with Gasteiger partial charge in [-0.3, -0.25) is 14.5 Å². The third-order valence-corrected chi connectivity index (χ3v) is 5.66. The van der Waals surface area contributed by atoms with E-state index in [9.17, 15) is 9.59 Å². The van der Waals surface area contributed by atoms with Crippen molar-refractivity contribution in [2.45, 2.75) is 61.3 Å². The van der Waals surface area contributed by atoms with Gasteiger partial charge in [-0.05, 0) is 19.8 Å². The summed E-state index contributed by atoms with van der Waals surface area (Å²) < 4.78 is 5.85. The highest BCUT2D eigenvalue weighted by Gasteiger charge is 2.37. The molecule has 8 heteroatoms. The Bertz CT molecular complexity index is 559. The molecular weight excluding hydrogens is 310 g/mol. The quantitative estimate of drug-likeness (QED) is 0.610. The van der Waals surface area contributed by atoms with Crippen LogP contribution in [0.5, 0.6) is 0 Å². The summed E-state index contributed by atoms with van der Waals surface area (Å²) in [5.41, 5.74) is 0. The van der Waals surface area contributed by atoms with E-state index in [1.54, 1.807) is 4.90 Å². The minimum atomic E-state index is -0.211. The molecule has 3 rings (SSSR count). The number of esters is 1. The average Bonchev–Trinajstić information content (AvgIpc) is 3.09. The molecule has 2 atom stereocenters. The molecule has 21 heavy (non-hydrogen) atoms. The maximum atomic E-state index is 12.0. The molecule has 1 aromatic heterocycles. The van der Waals surface area contributed by atoms with Crippen LogP contribution in [0.1, 0.15) is 39.5 Å². The third kappa shape index (κ3) is 3.21. The number of anilines is 1. The molecule has 0 spiro atoms. The molecule has 1 aromatic rings. The molecular formula is C13H17N3O3S2. The van der Waals surface area contributed by atoms with Gasteiger partial charge in [0.2, 0.25) is 11.0 Å². The molecule has 0 aromatic carbocycles. The van der Waals surface area contributed by atoms with Crippen LogP contribution in [0, 0.1) is 0 Å². The van der Waals surface area contributed by atoms with Gasteiger partial charge in [0.15, 0.2) is 4.34 Å². The van der Waals surface area contributed by atoms with E-state index in [4.69, 9.17) is 4.74 Å². The highest BCUT2D eigenvalue weighted by molar-refractivity contribution is 8.02. The number of ether oxygens (including phenoxy) is 1. The van der Waals surface area contributed by atoms with Gasteiger partial charge in [-0.15, -0.1) is 10.2 Å². The Balaban J connectivity index is 1.70. The second-order valence-corrected chi connectivity index (χ2v) is 7.69. The average molecular weight is 327 g/mol. The molecule has 1 saturated heterocycles. The van der Waals surface area contributed by atoms with Gasteiger partial charge in [0.05, 0.1) is 0 Å². The molecule has 2 heterocycles. The number of hydrogen-bond acceptors (Lipinski definition) is 7. The summed E-state index contributed by atoms with van der Waals surface area (Å²) in [6, 6.07) is 0.278. The standard InChI is InChI=1S/C13H17N3O3S2/c1-3-10(17)16(8-4-5-8)12-14-15-13(21-12)20-9-6-7(2)19-11(9)18/h7-9H,3-6H2,1-2H3/t7-,9-/m0/s1. The number of nitrogens with zero attached hydrogens (tertiary/aromatic N) is 3. The smallest absolute Gasteiger partial charge is 0.319 e. The van der Waals surface area contributed by atoms with E-state index in [1.165, 1.54) is 23.1 Å². The number of cyclic esters (lactones) is 1. The zero-order valence-corrected chi connectivity index (χ0v) is 13.6. The minimum absolute atomic E-state index is 0.0352. The van der Waals surface area contributed by atoms with Crippen molar-refractivity contribution in [1.29, 1.82) is 0 Å². The Morgan fingerprint density at radius 1 is 1.48 bits per heavy atom. The van der Waals surface area contributed by atoms with Gasteiger partial charge in [-0.25, -0.2) is 0 Å². The lowest BCUT2D eigenvalue weighted by molar-refractivity contribution is -0.140. The Morgan fingerprint density at radius 2 is 2.24 bits per heavy atom. The van der Waals surface area contributed by atoms with Gasteiger partial charge in [-0.2, -0.15) is 0 Å². The van der Waals surface area contributed by atoms with Crippen molar-refractivity contribution in [3.8, 4) is 0 Å². The summed E-state index contributed by atoms with van der Waals surface area (Å²) in [6.45, 7) is 3.74. The lowest BCUT2D eigenvalue weighted by Gasteiger charge is -2.17. The highest BCUT2D eigenvalue weighted by Crippen LogP contribution is 2.39. The number of thioether (sulfide) groups is 1. The van der Waals surface area contributed by atoms with E-state index < -0.39 is 0 Å². The summed E-state index contributed by atoms with van der Waals surface area (Å²) in [5, 5.41) is 8.68. The van der Waals surface area contributed by atoms with Crippen molar-refractivity contribution < 1.29 is 14.3 Å².